The van der Waals surface area contributed by atoms with E-state index in [9.17, 15) is 9.59 Å². The average Bonchev–Trinajstić information content (AvgIpc) is 3.02. The number of benzene rings is 5. The van der Waals surface area contributed by atoms with Crippen LogP contribution < -0.4 is 14.2 Å². The molecule has 0 radical (unpaired) electrons. The van der Waals surface area contributed by atoms with Crippen LogP contribution in [0.25, 0.3) is 0 Å². The Kier molecular flexibility index (Phi) is 7.10. The Labute approximate surface area is 232 Å². The predicted octanol–water partition coefficient (Wildman–Crippen LogP) is 7.20. The van der Waals surface area contributed by atoms with Crippen LogP contribution in [0.1, 0.15) is 48.5 Å². The minimum Gasteiger partial charge on any atom is -0.488 e. The van der Waals surface area contributed by atoms with E-state index in [0.717, 1.165) is 16.7 Å². The van der Waals surface area contributed by atoms with Crippen molar-refractivity contribution in [3.05, 3.63) is 160 Å². The fourth-order valence-corrected chi connectivity index (χ4v) is 4.77. The third kappa shape index (κ3) is 5.09. The summed E-state index contributed by atoms with van der Waals surface area (Å²) < 4.78 is 18.8. The first-order valence-electron chi connectivity index (χ1n) is 13.1. The second kappa shape index (κ2) is 11.3. The number of carbonyl (C=O) groups is 2. The van der Waals surface area contributed by atoms with E-state index in [2.05, 4.69) is 0 Å². The lowest BCUT2D eigenvalue weighted by Gasteiger charge is -2.25. The van der Waals surface area contributed by atoms with Crippen molar-refractivity contribution < 1.29 is 23.8 Å². The van der Waals surface area contributed by atoms with Crippen molar-refractivity contribution in [2.24, 2.45) is 0 Å². The van der Waals surface area contributed by atoms with Crippen molar-refractivity contribution in [1.82, 2.24) is 0 Å². The molecule has 0 N–H and O–H groups in total. The summed E-state index contributed by atoms with van der Waals surface area (Å²) in [6, 6.07) is 37.6. The Morgan fingerprint density at radius 3 is 1.32 bits per heavy atom. The van der Waals surface area contributed by atoms with E-state index in [-0.39, 0.29) is 54.0 Å². The van der Waals surface area contributed by atoms with Crippen LogP contribution in [0.15, 0.2) is 121 Å². The van der Waals surface area contributed by atoms with Gasteiger partial charge in [0, 0.05) is 17.2 Å². The van der Waals surface area contributed by atoms with E-state index in [4.69, 9.17) is 14.2 Å². The zero-order valence-electron chi connectivity index (χ0n) is 21.7. The highest BCUT2D eigenvalue weighted by molar-refractivity contribution is 6.30. The maximum atomic E-state index is 14.0. The van der Waals surface area contributed by atoms with Gasteiger partial charge in [-0.15, -0.1) is 0 Å². The van der Waals surface area contributed by atoms with Gasteiger partial charge in [-0.1, -0.05) is 115 Å². The van der Waals surface area contributed by atoms with Crippen molar-refractivity contribution >= 4 is 11.6 Å². The van der Waals surface area contributed by atoms with Crippen LogP contribution >= 0.6 is 0 Å². The van der Waals surface area contributed by atoms with Gasteiger partial charge >= 0.3 is 0 Å². The third-order valence-corrected chi connectivity index (χ3v) is 6.78. The molecule has 0 fully saturated rings. The van der Waals surface area contributed by atoms with Gasteiger partial charge in [-0.25, -0.2) is 0 Å². The number of ketones is 2. The van der Waals surface area contributed by atoms with Crippen LogP contribution in [-0.2, 0) is 19.8 Å². The molecule has 0 unspecified atom stereocenters. The number of ether oxygens (including phenoxy) is 3. The molecule has 5 heteroatoms. The highest BCUT2D eigenvalue weighted by Gasteiger charge is 2.37. The van der Waals surface area contributed by atoms with Crippen LogP contribution in [0.3, 0.4) is 0 Å². The molecule has 0 heterocycles. The van der Waals surface area contributed by atoms with Crippen LogP contribution in [0.5, 0.6) is 17.2 Å². The van der Waals surface area contributed by atoms with Gasteiger partial charge in [0.05, 0.1) is 11.1 Å². The number of rotatable bonds is 9. The number of fused-ring (bicyclic) bond motifs is 2. The zero-order chi connectivity index (χ0) is 27.3. The molecule has 5 nitrogen and oxygen atoms in total. The van der Waals surface area contributed by atoms with Gasteiger partial charge < -0.3 is 14.2 Å². The molecule has 5 aromatic rings. The molecule has 0 saturated carbocycles. The monoisotopic (exact) mass is 526 g/mol. The van der Waals surface area contributed by atoms with Gasteiger partial charge in [-0.3, -0.25) is 9.59 Å². The molecule has 196 valence electrons. The molecule has 0 atom stereocenters. The highest BCUT2D eigenvalue weighted by Crippen LogP contribution is 2.45. The van der Waals surface area contributed by atoms with Gasteiger partial charge in [-0.05, 0) is 16.7 Å². The summed E-state index contributed by atoms with van der Waals surface area (Å²) in [5, 5.41) is 0. The summed E-state index contributed by atoms with van der Waals surface area (Å²) >= 11 is 0. The maximum absolute atomic E-state index is 14.0. The third-order valence-electron chi connectivity index (χ3n) is 6.78. The molecule has 40 heavy (non-hydrogen) atoms. The summed E-state index contributed by atoms with van der Waals surface area (Å²) in [7, 11) is 0. The van der Waals surface area contributed by atoms with Crippen molar-refractivity contribution in [2.45, 2.75) is 19.8 Å². The smallest absolute Gasteiger partial charge is 0.198 e. The van der Waals surface area contributed by atoms with Gasteiger partial charge in [0.1, 0.15) is 25.6 Å². The predicted molar refractivity (Wildman–Crippen MR) is 152 cm³/mol. The zero-order valence-corrected chi connectivity index (χ0v) is 21.7. The van der Waals surface area contributed by atoms with E-state index >= 15 is 0 Å². The summed E-state index contributed by atoms with van der Waals surface area (Å²) in [6.45, 7) is 0.666. The van der Waals surface area contributed by atoms with Crippen LogP contribution in [0, 0.1) is 0 Å². The summed E-state index contributed by atoms with van der Waals surface area (Å²) in [5.41, 5.74) is 3.83. The molecule has 1 aliphatic rings. The summed E-state index contributed by atoms with van der Waals surface area (Å²) in [6.07, 6.45) is 0. The van der Waals surface area contributed by atoms with Gasteiger partial charge in [-0.2, -0.15) is 0 Å². The minimum absolute atomic E-state index is 0.160. The lowest BCUT2D eigenvalue weighted by atomic mass is 9.83. The molecule has 0 aromatic heterocycles. The van der Waals surface area contributed by atoms with Crippen molar-refractivity contribution in [3.8, 4) is 17.2 Å². The van der Waals surface area contributed by atoms with Crippen LogP contribution in [0.4, 0.5) is 0 Å². The lowest BCUT2D eigenvalue weighted by Crippen LogP contribution is -2.23. The number of hydrogen-bond acceptors (Lipinski definition) is 5. The number of carbonyl (C=O) groups excluding carboxylic acids is 2. The standard InChI is InChI=1S/C35H26O5/c36-33-27-18-10-11-19-28(27)34(37)32-31(33)29(38-21-24-12-4-1-5-13-24)20-30(39-22-25-14-6-2-7-15-25)35(32)40-23-26-16-8-3-9-17-26/h1-20H,21-23H2. The Morgan fingerprint density at radius 1 is 0.425 bits per heavy atom. The second-order valence-corrected chi connectivity index (χ2v) is 9.48. The van der Waals surface area contributed by atoms with E-state index in [0.29, 0.717) is 16.9 Å². The van der Waals surface area contributed by atoms with Crippen LogP contribution in [-0.4, -0.2) is 11.6 Å². The maximum Gasteiger partial charge on any atom is 0.198 e. The Morgan fingerprint density at radius 2 is 0.825 bits per heavy atom. The Hall–Kier alpha value is -5.16. The first kappa shape index (κ1) is 25.1. The minimum atomic E-state index is -0.303. The molecule has 0 amide bonds. The SMILES string of the molecule is O=C1c2ccccc2C(=O)c2c(OCc3ccccc3)c(OCc3ccccc3)cc(OCc3ccccc3)c21. The van der Waals surface area contributed by atoms with Crippen molar-refractivity contribution in [2.75, 3.05) is 0 Å². The highest BCUT2D eigenvalue weighted by atomic mass is 16.5. The fraction of sp³-hybridized carbons (Fsp3) is 0.0857. The average molecular weight is 527 g/mol. The number of hydrogen-bond donors (Lipinski definition) is 0. The largest absolute Gasteiger partial charge is 0.488 e. The summed E-state index contributed by atoms with van der Waals surface area (Å²) in [5.74, 6) is 0.258. The van der Waals surface area contributed by atoms with Crippen molar-refractivity contribution in [1.29, 1.82) is 0 Å². The molecular formula is C35H26O5. The Balaban J connectivity index is 1.47. The fourth-order valence-electron chi connectivity index (χ4n) is 4.77. The Bertz CT molecular complexity index is 1660. The van der Waals surface area contributed by atoms with Gasteiger partial charge in [0.15, 0.2) is 23.1 Å². The molecular weight excluding hydrogens is 500 g/mol. The molecule has 5 aromatic carbocycles. The molecule has 0 aliphatic heterocycles. The van der Waals surface area contributed by atoms with E-state index < -0.39 is 0 Å². The molecule has 0 spiro atoms. The lowest BCUT2D eigenvalue weighted by molar-refractivity contribution is 0.0970. The van der Waals surface area contributed by atoms with E-state index in [1.54, 1.807) is 30.3 Å². The molecule has 0 bridgehead atoms. The quantitative estimate of drug-likeness (QED) is 0.199. The van der Waals surface area contributed by atoms with E-state index in [1.807, 2.05) is 91.0 Å². The van der Waals surface area contributed by atoms with Crippen molar-refractivity contribution in [3.63, 3.8) is 0 Å². The summed E-state index contributed by atoms with van der Waals surface area (Å²) in [4.78, 5) is 27.9. The van der Waals surface area contributed by atoms with E-state index in [1.165, 1.54) is 0 Å². The van der Waals surface area contributed by atoms with Crippen LogP contribution in [0.2, 0.25) is 0 Å². The molecule has 6 rings (SSSR count). The first-order chi connectivity index (χ1) is 19.7. The van der Waals surface area contributed by atoms with Gasteiger partial charge in [0.2, 0.25) is 0 Å². The topological polar surface area (TPSA) is 61.8 Å². The first-order valence-corrected chi connectivity index (χ1v) is 13.1. The molecule has 0 saturated heterocycles. The normalized spacial score (nSPS) is 11.9. The van der Waals surface area contributed by atoms with Gasteiger partial charge in [0.25, 0.3) is 0 Å². The molecule has 1 aliphatic carbocycles. The second-order valence-electron chi connectivity index (χ2n) is 9.48.